The fourth-order valence-corrected chi connectivity index (χ4v) is 2.55. The zero-order chi connectivity index (χ0) is 13.1. The second-order valence-electron chi connectivity index (χ2n) is 4.73. The molecule has 5 nitrogen and oxygen atoms in total. The molecule has 0 amide bonds. The van der Waals surface area contributed by atoms with E-state index in [1.54, 1.807) is 7.11 Å². The summed E-state index contributed by atoms with van der Waals surface area (Å²) < 4.78 is 0. The molecule has 3 rings (SSSR count). The predicted octanol–water partition coefficient (Wildman–Crippen LogP) is 1.74. The molecule has 1 aromatic rings. The molecular formula is C14H18N4O. The van der Waals surface area contributed by atoms with Gasteiger partial charge in [-0.15, -0.1) is 0 Å². The van der Waals surface area contributed by atoms with E-state index in [1.165, 1.54) is 11.1 Å². The van der Waals surface area contributed by atoms with Crippen molar-refractivity contribution in [1.82, 2.24) is 5.32 Å². The summed E-state index contributed by atoms with van der Waals surface area (Å²) in [5, 5.41) is 10.6. The van der Waals surface area contributed by atoms with Gasteiger partial charge in [0.15, 0.2) is 5.96 Å². The highest BCUT2D eigenvalue weighted by molar-refractivity contribution is 6.04. The lowest BCUT2D eigenvalue weighted by atomic mass is 9.90. The summed E-state index contributed by atoms with van der Waals surface area (Å²) in [7, 11) is 1.60. The Morgan fingerprint density at radius 3 is 3.11 bits per heavy atom. The number of fused-ring (bicyclic) bond motifs is 1. The summed E-state index contributed by atoms with van der Waals surface area (Å²) in [5.41, 5.74) is 4.61. The number of hydrogen-bond donors (Lipinski definition) is 2. The van der Waals surface area contributed by atoms with E-state index in [0.29, 0.717) is 0 Å². The molecule has 0 saturated carbocycles. The standard InChI is InChI=1S/C14H18N4O/c1-19-18-13-4-2-3-10-5-6-11(9-12(10)13)17-14-15-7-8-16-14/h5-6,9H,2-4,7-8H2,1H3,(H2,15,16,17)/b18-13-. The molecule has 0 bridgehead atoms. The first kappa shape index (κ1) is 12.0. The number of guanidine groups is 1. The Hall–Kier alpha value is -2.04. The third kappa shape index (κ3) is 2.54. The molecule has 0 fully saturated rings. The minimum Gasteiger partial charge on any atom is -0.399 e. The number of rotatable bonds is 2. The molecule has 2 N–H and O–H groups in total. The SMILES string of the molecule is CO/N=C1/CCCc2ccc(NC3=NCCN3)cc21. The van der Waals surface area contributed by atoms with Crippen LogP contribution < -0.4 is 10.6 Å². The number of hydrogen-bond acceptors (Lipinski definition) is 5. The molecule has 0 radical (unpaired) electrons. The summed E-state index contributed by atoms with van der Waals surface area (Å²) in [5.74, 6) is 0.848. The van der Waals surface area contributed by atoms with E-state index in [-0.39, 0.29) is 0 Å². The lowest BCUT2D eigenvalue weighted by Crippen LogP contribution is -2.26. The van der Waals surface area contributed by atoms with Crippen molar-refractivity contribution < 1.29 is 4.84 Å². The van der Waals surface area contributed by atoms with E-state index in [1.807, 2.05) is 0 Å². The summed E-state index contributed by atoms with van der Waals surface area (Å²) in [6.07, 6.45) is 3.22. The number of oxime groups is 1. The van der Waals surface area contributed by atoms with Crippen molar-refractivity contribution in [1.29, 1.82) is 0 Å². The molecule has 0 aromatic heterocycles. The van der Waals surface area contributed by atoms with E-state index < -0.39 is 0 Å². The van der Waals surface area contributed by atoms with Crippen molar-refractivity contribution in [2.75, 3.05) is 25.5 Å². The Morgan fingerprint density at radius 1 is 1.37 bits per heavy atom. The molecule has 5 heteroatoms. The molecule has 19 heavy (non-hydrogen) atoms. The number of aliphatic imine (C=N–C) groups is 1. The molecule has 0 saturated heterocycles. The first-order valence-electron chi connectivity index (χ1n) is 6.65. The van der Waals surface area contributed by atoms with Gasteiger partial charge in [0.1, 0.15) is 7.11 Å². The van der Waals surface area contributed by atoms with Crippen LogP contribution in [-0.2, 0) is 11.3 Å². The monoisotopic (exact) mass is 258 g/mol. The lowest BCUT2D eigenvalue weighted by Gasteiger charge is -2.18. The first-order valence-corrected chi connectivity index (χ1v) is 6.65. The third-order valence-corrected chi connectivity index (χ3v) is 3.42. The molecular weight excluding hydrogens is 240 g/mol. The van der Waals surface area contributed by atoms with Gasteiger partial charge in [0.2, 0.25) is 0 Å². The molecule has 2 aliphatic rings. The van der Waals surface area contributed by atoms with Crippen LogP contribution in [0, 0.1) is 0 Å². The van der Waals surface area contributed by atoms with Gasteiger partial charge in [-0.3, -0.25) is 4.99 Å². The fourth-order valence-electron chi connectivity index (χ4n) is 2.55. The number of anilines is 1. The summed E-state index contributed by atoms with van der Waals surface area (Å²) in [6, 6.07) is 6.39. The Bertz CT molecular complexity index is 536. The van der Waals surface area contributed by atoms with Crippen LogP contribution in [0.2, 0.25) is 0 Å². The van der Waals surface area contributed by atoms with Crippen molar-refractivity contribution in [2.24, 2.45) is 10.1 Å². The largest absolute Gasteiger partial charge is 0.399 e. The van der Waals surface area contributed by atoms with Crippen molar-refractivity contribution in [3.8, 4) is 0 Å². The molecule has 0 spiro atoms. The molecule has 1 aliphatic heterocycles. The molecule has 1 heterocycles. The quantitative estimate of drug-likeness (QED) is 0.794. The number of nitrogens with one attached hydrogen (secondary N) is 2. The molecule has 1 aliphatic carbocycles. The minimum atomic E-state index is 0.837. The maximum absolute atomic E-state index is 4.94. The maximum atomic E-state index is 4.94. The van der Waals surface area contributed by atoms with Crippen LogP contribution >= 0.6 is 0 Å². The van der Waals surface area contributed by atoms with Crippen molar-refractivity contribution >= 4 is 17.4 Å². The molecule has 100 valence electrons. The van der Waals surface area contributed by atoms with Gasteiger partial charge in [-0.1, -0.05) is 11.2 Å². The number of aryl methyl sites for hydroxylation is 1. The van der Waals surface area contributed by atoms with Gasteiger partial charge in [-0.05, 0) is 37.0 Å². The predicted molar refractivity (Wildman–Crippen MR) is 76.9 cm³/mol. The van der Waals surface area contributed by atoms with Gasteiger partial charge >= 0.3 is 0 Å². The highest BCUT2D eigenvalue weighted by atomic mass is 16.6. The zero-order valence-corrected chi connectivity index (χ0v) is 11.1. The van der Waals surface area contributed by atoms with Gasteiger partial charge in [0, 0.05) is 17.8 Å². The van der Waals surface area contributed by atoms with Gasteiger partial charge in [-0.2, -0.15) is 0 Å². The topological polar surface area (TPSA) is 58.0 Å². The molecule has 0 atom stereocenters. The fraction of sp³-hybridized carbons (Fsp3) is 0.429. The van der Waals surface area contributed by atoms with E-state index in [0.717, 1.165) is 49.7 Å². The Morgan fingerprint density at radius 2 is 2.32 bits per heavy atom. The summed E-state index contributed by atoms with van der Waals surface area (Å²) in [4.78, 5) is 9.28. The second kappa shape index (κ2) is 5.30. The normalized spacial score (nSPS) is 19.6. The van der Waals surface area contributed by atoms with E-state index in [4.69, 9.17) is 4.84 Å². The summed E-state index contributed by atoms with van der Waals surface area (Å²) >= 11 is 0. The average molecular weight is 258 g/mol. The van der Waals surface area contributed by atoms with Crippen LogP contribution in [0.5, 0.6) is 0 Å². The van der Waals surface area contributed by atoms with Crippen LogP contribution in [0.25, 0.3) is 0 Å². The van der Waals surface area contributed by atoms with Crippen LogP contribution in [0.1, 0.15) is 24.0 Å². The average Bonchev–Trinajstić information content (AvgIpc) is 2.93. The first-order chi connectivity index (χ1) is 9.36. The Labute approximate surface area is 112 Å². The van der Waals surface area contributed by atoms with E-state index >= 15 is 0 Å². The maximum Gasteiger partial charge on any atom is 0.195 e. The number of benzene rings is 1. The molecule has 1 aromatic carbocycles. The van der Waals surface area contributed by atoms with Crippen molar-refractivity contribution in [2.45, 2.75) is 19.3 Å². The Kier molecular flexibility index (Phi) is 3.35. The van der Waals surface area contributed by atoms with Gasteiger partial charge in [-0.25, -0.2) is 0 Å². The zero-order valence-electron chi connectivity index (χ0n) is 11.1. The van der Waals surface area contributed by atoms with Gasteiger partial charge in [0.05, 0.1) is 12.3 Å². The highest BCUT2D eigenvalue weighted by Crippen LogP contribution is 2.25. The number of nitrogens with zero attached hydrogens (tertiary/aromatic N) is 2. The van der Waals surface area contributed by atoms with Crippen LogP contribution in [-0.4, -0.2) is 31.9 Å². The van der Waals surface area contributed by atoms with Crippen LogP contribution in [0.3, 0.4) is 0 Å². The smallest absolute Gasteiger partial charge is 0.195 e. The second-order valence-corrected chi connectivity index (χ2v) is 4.73. The highest BCUT2D eigenvalue weighted by Gasteiger charge is 2.17. The third-order valence-electron chi connectivity index (χ3n) is 3.42. The van der Waals surface area contributed by atoms with E-state index in [9.17, 15) is 0 Å². The van der Waals surface area contributed by atoms with Crippen LogP contribution in [0.15, 0.2) is 28.3 Å². The van der Waals surface area contributed by atoms with Crippen LogP contribution in [0.4, 0.5) is 5.69 Å². The molecule has 0 unspecified atom stereocenters. The minimum absolute atomic E-state index is 0.837. The Balaban J connectivity index is 1.88. The van der Waals surface area contributed by atoms with Gasteiger partial charge in [0.25, 0.3) is 0 Å². The van der Waals surface area contributed by atoms with Gasteiger partial charge < -0.3 is 15.5 Å². The van der Waals surface area contributed by atoms with E-state index in [2.05, 4.69) is 39.0 Å². The van der Waals surface area contributed by atoms with Crippen molar-refractivity contribution in [3.63, 3.8) is 0 Å². The lowest BCUT2D eigenvalue weighted by molar-refractivity contribution is 0.212. The van der Waals surface area contributed by atoms with Crippen molar-refractivity contribution in [3.05, 3.63) is 29.3 Å². The summed E-state index contributed by atoms with van der Waals surface area (Å²) in [6.45, 7) is 1.74.